The molecule has 0 fully saturated rings. The highest BCUT2D eigenvalue weighted by atomic mass is 15.4. The quantitative estimate of drug-likeness (QED) is 0.764. The molecule has 0 atom stereocenters. The van der Waals surface area contributed by atoms with Gasteiger partial charge in [0.05, 0.1) is 5.69 Å². The van der Waals surface area contributed by atoms with Crippen LogP contribution in [-0.2, 0) is 13.0 Å². The number of allylic oxidation sites excluding steroid dienone is 1. The van der Waals surface area contributed by atoms with E-state index in [1.54, 1.807) is 0 Å². The van der Waals surface area contributed by atoms with Gasteiger partial charge >= 0.3 is 0 Å². The first kappa shape index (κ1) is 10.4. The highest BCUT2D eigenvalue weighted by Crippen LogP contribution is 2.29. The standard InChI is InChI=1S/C15H16N2/c1-10(2)7-11-3-5-13-12(8-11)4-6-15-14(13)9-16-17-15/h3-6,8,16-17H,1,7,9H2,2H3. The Bertz CT molecular complexity index is 599. The van der Waals surface area contributed by atoms with Crippen molar-refractivity contribution in [1.29, 1.82) is 0 Å². The van der Waals surface area contributed by atoms with Crippen molar-refractivity contribution in [2.24, 2.45) is 0 Å². The Morgan fingerprint density at radius 2 is 2.18 bits per heavy atom. The van der Waals surface area contributed by atoms with Gasteiger partial charge in [0.1, 0.15) is 0 Å². The molecule has 0 aromatic heterocycles. The molecule has 0 saturated heterocycles. The summed E-state index contributed by atoms with van der Waals surface area (Å²) in [5.74, 6) is 0. The molecule has 0 unspecified atom stereocenters. The first-order valence-corrected chi connectivity index (χ1v) is 5.92. The number of hydrogen-bond donors (Lipinski definition) is 2. The van der Waals surface area contributed by atoms with Crippen LogP contribution in [0.4, 0.5) is 5.69 Å². The number of fused-ring (bicyclic) bond motifs is 3. The third-order valence-corrected chi connectivity index (χ3v) is 3.19. The van der Waals surface area contributed by atoms with Gasteiger partial charge in [-0.3, -0.25) is 0 Å². The van der Waals surface area contributed by atoms with Crippen LogP contribution in [0.15, 0.2) is 42.5 Å². The topological polar surface area (TPSA) is 24.1 Å². The smallest absolute Gasteiger partial charge is 0.0539 e. The van der Waals surface area contributed by atoms with Crippen LogP contribution in [0.1, 0.15) is 18.1 Å². The fraction of sp³-hybridized carbons (Fsp3) is 0.200. The Morgan fingerprint density at radius 1 is 1.29 bits per heavy atom. The summed E-state index contributed by atoms with van der Waals surface area (Å²) in [7, 11) is 0. The number of anilines is 1. The fourth-order valence-electron chi connectivity index (χ4n) is 2.44. The Hall–Kier alpha value is -1.80. The van der Waals surface area contributed by atoms with E-state index in [0.717, 1.165) is 13.0 Å². The van der Waals surface area contributed by atoms with Crippen molar-refractivity contribution >= 4 is 16.5 Å². The largest absolute Gasteiger partial charge is 0.321 e. The van der Waals surface area contributed by atoms with Crippen LogP contribution in [-0.4, -0.2) is 0 Å². The first-order valence-electron chi connectivity index (χ1n) is 5.92. The summed E-state index contributed by atoms with van der Waals surface area (Å²) in [5.41, 5.74) is 11.4. The van der Waals surface area contributed by atoms with E-state index in [1.165, 1.54) is 33.2 Å². The summed E-state index contributed by atoms with van der Waals surface area (Å²) in [5, 5.41) is 2.65. The van der Waals surface area contributed by atoms with Crippen molar-refractivity contribution < 1.29 is 0 Å². The van der Waals surface area contributed by atoms with Crippen molar-refractivity contribution in [1.82, 2.24) is 5.43 Å². The number of hydrazine groups is 1. The lowest BCUT2D eigenvalue weighted by molar-refractivity contribution is 0.863. The van der Waals surface area contributed by atoms with E-state index in [9.17, 15) is 0 Å². The van der Waals surface area contributed by atoms with E-state index in [0.29, 0.717) is 0 Å². The van der Waals surface area contributed by atoms with Crippen molar-refractivity contribution in [3.05, 3.63) is 53.6 Å². The van der Waals surface area contributed by atoms with Gasteiger partial charge in [0.25, 0.3) is 0 Å². The van der Waals surface area contributed by atoms with E-state index < -0.39 is 0 Å². The molecule has 0 amide bonds. The number of benzene rings is 2. The minimum atomic E-state index is 0.895. The number of nitrogens with one attached hydrogen (secondary N) is 2. The maximum atomic E-state index is 3.97. The fourth-order valence-corrected chi connectivity index (χ4v) is 2.44. The van der Waals surface area contributed by atoms with E-state index >= 15 is 0 Å². The van der Waals surface area contributed by atoms with Crippen molar-refractivity contribution in [3.8, 4) is 0 Å². The third kappa shape index (κ3) is 1.81. The second-order valence-corrected chi connectivity index (χ2v) is 4.76. The molecule has 17 heavy (non-hydrogen) atoms. The second-order valence-electron chi connectivity index (χ2n) is 4.76. The molecule has 86 valence electrons. The van der Waals surface area contributed by atoms with Crippen LogP contribution in [0, 0.1) is 0 Å². The van der Waals surface area contributed by atoms with Gasteiger partial charge in [0.2, 0.25) is 0 Å². The molecule has 2 heteroatoms. The summed E-state index contributed by atoms with van der Waals surface area (Å²) in [6.45, 7) is 6.93. The lowest BCUT2D eigenvalue weighted by Crippen LogP contribution is -2.10. The molecular formula is C15H16N2. The highest BCUT2D eigenvalue weighted by Gasteiger charge is 2.12. The lowest BCUT2D eigenvalue weighted by atomic mass is 9.99. The normalized spacial score (nSPS) is 13.5. The third-order valence-electron chi connectivity index (χ3n) is 3.19. The molecular weight excluding hydrogens is 208 g/mol. The molecule has 3 rings (SSSR count). The molecule has 0 spiro atoms. The zero-order valence-electron chi connectivity index (χ0n) is 10.0. The predicted molar refractivity (Wildman–Crippen MR) is 72.9 cm³/mol. The zero-order valence-corrected chi connectivity index (χ0v) is 10.0. The first-order chi connectivity index (χ1) is 8.24. The van der Waals surface area contributed by atoms with Gasteiger partial charge in [-0.15, -0.1) is 0 Å². The summed E-state index contributed by atoms with van der Waals surface area (Å²) in [4.78, 5) is 0. The summed E-state index contributed by atoms with van der Waals surface area (Å²) in [6, 6.07) is 11.0. The van der Waals surface area contributed by atoms with Crippen molar-refractivity contribution in [2.75, 3.05) is 5.43 Å². The van der Waals surface area contributed by atoms with E-state index in [-0.39, 0.29) is 0 Å². The average Bonchev–Trinajstić information content (AvgIpc) is 2.76. The van der Waals surface area contributed by atoms with Crippen LogP contribution in [0.25, 0.3) is 10.8 Å². The number of hydrogen-bond acceptors (Lipinski definition) is 2. The molecule has 2 aromatic rings. The summed E-state index contributed by atoms with van der Waals surface area (Å²) in [6.07, 6.45) is 0.962. The molecule has 0 saturated carbocycles. The van der Waals surface area contributed by atoms with Crippen LogP contribution in [0.3, 0.4) is 0 Å². The van der Waals surface area contributed by atoms with Crippen LogP contribution in [0.2, 0.25) is 0 Å². The highest BCUT2D eigenvalue weighted by molar-refractivity contribution is 5.91. The molecule has 1 aliphatic rings. The maximum Gasteiger partial charge on any atom is 0.0539 e. The molecule has 1 heterocycles. The van der Waals surface area contributed by atoms with Crippen molar-refractivity contribution in [2.45, 2.75) is 19.9 Å². The second kappa shape index (κ2) is 3.90. The average molecular weight is 224 g/mol. The van der Waals surface area contributed by atoms with Gasteiger partial charge in [0, 0.05) is 12.1 Å². The monoisotopic (exact) mass is 224 g/mol. The minimum Gasteiger partial charge on any atom is -0.321 e. The van der Waals surface area contributed by atoms with Crippen LogP contribution < -0.4 is 10.9 Å². The zero-order chi connectivity index (χ0) is 11.8. The Morgan fingerprint density at radius 3 is 3.00 bits per heavy atom. The summed E-state index contributed by atoms with van der Waals surface area (Å²) >= 11 is 0. The van der Waals surface area contributed by atoms with E-state index in [1.807, 2.05) is 0 Å². The molecule has 2 aromatic carbocycles. The van der Waals surface area contributed by atoms with E-state index in [2.05, 4.69) is 54.7 Å². The van der Waals surface area contributed by atoms with Gasteiger partial charge in [-0.05, 0) is 35.7 Å². The maximum absolute atomic E-state index is 3.97. The molecule has 2 N–H and O–H groups in total. The SMILES string of the molecule is C=C(C)Cc1ccc2c3c(ccc2c1)NNC3. The van der Waals surface area contributed by atoms with Gasteiger partial charge in [-0.1, -0.05) is 36.4 Å². The molecule has 0 radical (unpaired) electrons. The number of rotatable bonds is 2. The van der Waals surface area contributed by atoms with Gasteiger partial charge in [0.15, 0.2) is 0 Å². The molecule has 0 aliphatic carbocycles. The van der Waals surface area contributed by atoms with Gasteiger partial charge in [-0.25, -0.2) is 5.43 Å². The van der Waals surface area contributed by atoms with Gasteiger partial charge in [-0.2, -0.15) is 0 Å². The Balaban J connectivity index is 2.12. The van der Waals surface area contributed by atoms with Crippen LogP contribution >= 0.6 is 0 Å². The van der Waals surface area contributed by atoms with Gasteiger partial charge < -0.3 is 5.43 Å². The molecule has 0 bridgehead atoms. The Kier molecular flexibility index (Phi) is 2.37. The minimum absolute atomic E-state index is 0.895. The molecule has 1 aliphatic heterocycles. The lowest BCUT2D eigenvalue weighted by Gasteiger charge is -2.07. The molecule has 2 nitrogen and oxygen atoms in total. The summed E-state index contributed by atoms with van der Waals surface area (Å²) < 4.78 is 0. The predicted octanol–water partition coefficient (Wildman–Crippen LogP) is 3.39. The van der Waals surface area contributed by atoms with Crippen LogP contribution in [0.5, 0.6) is 0 Å². The van der Waals surface area contributed by atoms with Crippen molar-refractivity contribution in [3.63, 3.8) is 0 Å². The Labute approximate surface area is 101 Å². The van der Waals surface area contributed by atoms with E-state index in [4.69, 9.17) is 0 Å².